The molecule has 0 radical (unpaired) electrons. The number of carbonyl (C=O) groups excluding carboxylic acids is 1. The Morgan fingerprint density at radius 1 is 1.21 bits per heavy atom. The molecule has 1 amide bonds. The predicted octanol–water partition coefficient (Wildman–Crippen LogP) is 4.49. The first-order valence-corrected chi connectivity index (χ1v) is 8.50. The maximum absolute atomic E-state index is 12.1. The predicted molar refractivity (Wildman–Crippen MR) is 97.3 cm³/mol. The molecule has 0 aliphatic carbocycles. The molecule has 6 heteroatoms. The van der Waals surface area contributed by atoms with Crippen LogP contribution in [-0.2, 0) is 4.79 Å². The van der Waals surface area contributed by atoms with E-state index in [0.717, 1.165) is 10.9 Å². The van der Waals surface area contributed by atoms with Gasteiger partial charge in [-0.1, -0.05) is 47.6 Å². The number of anilines is 1. The molecular formula is C18H12ClN3OS. The summed E-state index contributed by atoms with van der Waals surface area (Å²) in [4.78, 5) is 16.6. The highest BCUT2D eigenvalue weighted by Crippen LogP contribution is 2.25. The summed E-state index contributed by atoms with van der Waals surface area (Å²) in [5.74, 6) is -0.0203. The Morgan fingerprint density at radius 3 is 2.83 bits per heavy atom. The number of nitrogens with zero attached hydrogens (tertiary/aromatic N) is 2. The molecule has 0 aliphatic heterocycles. The van der Waals surface area contributed by atoms with Crippen molar-refractivity contribution in [2.45, 2.75) is 5.03 Å². The minimum Gasteiger partial charge on any atom is -0.325 e. The number of hydrogen-bond acceptors (Lipinski definition) is 4. The molecule has 2 aromatic carbocycles. The number of fused-ring (bicyclic) bond motifs is 1. The van der Waals surface area contributed by atoms with Crippen LogP contribution in [0.15, 0.2) is 59.6 Å². The van der Waals surface area contributed by atoms with E-state index in [1.165, 1.54) is 11.8 Å². The number of benzene rings is 2. The van der Waals surface area contributed by atoms with Gasteiger partial charge in [-0.05, 0) is 30.3 Å². The highest BCUT2D eigenvalue weighted by Gasteiger charge is 2.10. The zero-order chi connectivity index (χ0) is 16.9. The normalized spacial score (nSPS) is 10.3. The third-order valence-electron chi connectivity index (χ3n) is 3.26. The Labute approximate surface area is 148 Å². The van der Waals surface area contributed by atoms with Crippen LogP contribution in [0.1, 0.15) is 5.56 Å². The maximum atomic E-state index is 12.1. The second-order valence-electron chi connectivity index (χ2n) is 4.99. The Hall–Kier alpha value is -2.55. The van der Waals surface area contributed by atoms with Crippen molar-refractivity contribution in [3.05, 3.63) is 65.2 Å². The van der Waals surface area contributed by atoms with E-state index < -0.39 is 0 Å². The lowest BCUT2D eigenvalue weighted by molar-refractivity contribution is -0.113. The van der Waals surface area contributed by atoms with Gasteiger partial charge in [0.2, 0.25) is 5.91 Å². The van der Waals surface area contributed by atoms with Crippen LogP contribution in [-0.4, -0.2) is 16.6 Å². The number of nitrogens with one attached hydrogen (secondary N) is 1. The van der Waals surface area contributed by atoms with E-state index in [1.54, 1.807) is 30.3 Å². The highest BCUT2D eigenvalue weighted by molar-refractivity contribution is 8.00. The fourth-order valence-electron chi connectivity index (χ4n) is 2.19. The van der Waals surface area contributed by atoms with Gasteiger partial charge >= 0.3 is 0 Å². The van der Waals surface area contributed by atoms with Gasteiger partial charge in [-0.3, -0.25) is 4.79 Å². The molecule has 3 aromatic rings. The number of halogens is 1. The van der Waals surface area contributed by atoms with Crippen molar-refractivity contribution in [2.24, 2.45) is 0 Å². The lowest BCUT2D eigenvalue weighted by Gasteiger charge is -2.07. The van der Waals surface area contributed by atoms with E-state index in [-0.39, 0.29) is 11.7 Å². The molecule has 0 aliphatic rings. The van der Waals surface area contributed by atoms with Crippen molar-refractivity contribution in [3.63, 3.8) is 0 Å². The summed E-state index contributed by atoms with van der Waals surface area (Å²) < 4.78 is 0. The third-order valence-corrected chi connectivity index (χ3v) is 4.48. The molecule has 0 saturated heterocycles. The van der Waals surface area contributed by atoms with Crippen LogP contribution in [0.3, 0.4) is 0 Å². The molecular weight excluding hydrogens is 342 g/mol. The molecule has 118 valence electrons. The van der Waals surface area contributed by atoms with Crippen LogP contribution in [0, 0.1) is 11.3 Å². The van der Waals surface area contributed by atoms with Gasteiger partial charge in [-0.2, -0.15) is 5.26 Å². The van der Waals surface area contributed by atoms with E-state index in [4.69, 9.17) is 11.6 Å². The minimum atomic E-state index is -0.180. The van der Waals surface area contributed by atoms with Gasteiger partial charge in [0, 0.05) is 16.1 Å². The zero-order valence-electron chi connectivity index (χ0n) is 12.5. The number of thioether (sulfide) groups is 1. The molecule has 1 aromatic heterocycles. The summed E-state index contributed by atoms with van der Waals surface area (Å²) in [6.45, 7) is 0. The van der Waals surface area contributed by atoms with Gasteiger partial charge in [-0.15, -0.1) is 0 Å². The molecule has 1 heterocycles. The first kappa shape index (κ1) is 16.3. The number of aromatic nitrogens is 1. The quantitative estimate of drug-likeness (QED) is 0.702. The van der Waals surface area contributed by atoms with E-state index in [0.29, 0.717) is 21.3 Å². The number of pyridine rings is 1. The van der Waals surface area contributed by atoms with Crippen molar-refractivity contribution >= 4 is 45.9 Å². The van der Waals surface area contributed by atoms with Crippen LogP contribution in [0.4, 0.5) is 5.69 Å². The fourth-order valence-corrected chi connectivity index (χ4v) is 3.14. The number of nitriles is 1. The first-order chi connectivity index (χ1) is 11.7. The third kappa shape index (κ3) is 3.85. The van der Waals surface area contributed by atoms with Gasteiger partial charge in [-0.25, -0.2) is 4.98 Å². The van der Waals surface area contributed by atoms with Crippen LogP contribution >= 0.6 is 23.4 Å². The van der Waals surface area contributed by atoms with Crippen molar-refractivity contribution in [2.75, 3.05) is 11.1 Å². The van der Waals surface area contributed by atoms with Gasteiger partial charge < -0.3 is 5.32 Å². The second-order valence-corrected chi connectivity index (χ2v) is 6.39. The van der Waals surface area contributed by atoms with Gasteiger partial charge in [0.15, 0.2) is 0 Å². The average Bonchev–Trinajstić information content (AvgIpc) is 2.59. The van der Waals surface area contributed by atoms with Crippen LogP contribution in [0.25, 0.3) is 10.9 Å². The van der Waals surface area contributed by atoms with Crippen molar-refractivity contribution in [1.29, 1.82) is 5.26 Å². The van der Waals surface area contributed by atoms with Gasteiger partial charge in [0.25, 0.3) is 0 Å². The molecule has 0 fully saturated rings. The Morgan fingerprint density at radius 2 is 2.04 bits per heavy atom. The number of para-hydroxylation sites is 1. The molecule has 24 heavy (non-hydrogen) atoms. The van der Waals surface area contributed by atoms with Crippen LogP contribution in [0.2, 0.25) is 5.02 Å². The lowest BCUT2D eigenvalue weighted by Crippen LogP contribution is -2.14. The first-order valence-electron chi connectivity index (χ1n) is 7.14. The van der Waals surface area contributed by atoms with E-state index in [2.05, 4.69) is 16.4 Å². The number of carbonyl (C=O) groups is 1. The standard InChI is InChI=1S/C18H12ClN3OS/c19-14-5-3-6-15(9-14)21-17(23)11-24-18-13(10-20)8-12-4-1-2-7-16(12)22-18/h1-9H,11H2,(H,21,23). The fraction of sp³-hybridized carbons (Fsp3) is 0.0556. The highest BCUT2D eigenvalue weighted by atomic mass is 35.5. The summed E-state index contributed by atoms with van der Waals surface area (Å²) in [5, 5.41) is 14.1. The second kappa shape index (κ2) is 7.35. The van der Waals surface area contributed by atoms with E-state index in [9.17, 15) is 10.1 Å². The topological polar surface area (TPSA) is 65.8 Å². The molecule has 4 nitrogen and oxygen atoms in total. The summed E-state index contributed by atoms with van der Waals surface area (Å²) in [6.07, 6.45) is 0. The van der Waals surface area contributed by atoms with Crippen LogP contribution < -0.4 is 5.32 Å². The summed E-state index contributed by atoms with van der Waals surface area (Å²) in [7, 11) is 0. The molecule has 1 N–H and O–H groups in total. The summed E-state index contributed by atoms with van der Waals surface area (Å²) in [5.41, 5.74) is 1.91. The Balaban J connectivity index is 1.73. The van der Waals surface area contributed by atoms with Gasteiger partial charge in [0.1, 0.15) is 11.1 Å². The molecule has 0 unspecified atom stereocenters. The summed E-state index contributed by atoms with van der Waals surface area (Å²) in [6, 6.07) is 18.5. The zero-order valence-corrected chi connectivity index (χ0v) is 14.1. The molecule has 0 atom stereocenters. The largest absolute Gasteiger partial charge is 0.325 e. The molecule has 0 bridgehead atoms. The summed E-state index contributed by atoms with van der Waals surface area (Å²) >= 11 is 7.13. The monoisotopic (exact) mass is 353 g/mol. The van der Waals surface area contributed by atoms with E-state index in [1.807, 2.05) is 24.3 Å². The average molecular weight is 354 g/mol. The smallest absolute Gasteiger partial charge is 0.234 e. The number of rotatable bonds is 4. The molecule has 0 saturated carbocycles. The maximum Gasteiger partial charge on any atom is 0.234 e. The van der Waals surface area contributed by atoms with E-state index >= 15 is 0 Å². The number of hydrogen-bond donors (Lipinski definition) is 1. The Kier molecular flexibility index (Phi) is 4.99. The minimum absolute atomic E-state index is 0.159. The van der Waals surface area contributed by atoms with Crippen LogP contribution in [0.5, 0.6) is 0 Å². The van der Waals surface area contributed by atoms with Crippen molar-refractivity contribution in [3.8, 4) is 6.07 Å². The Bertz CT molecular complexity index is 952. The lowest BCUT2D eigenvalue weighted by atomic mass is 10.2. The molecule has 0 spiro atoms. The van der Waals surface area contributed by atoms with Crippen molar-refractivity contribution < 1.29 is 4.79 Å². The van der Waals surface area contributed by atoms with Crippen molar-refractivity contribution in [1.82, 2.24) is 4.98 Å². The molecule has 3 rings (SSSR count). The SMILES string of the molecule is N#Cc1cc2ccccc2nc1SCC(=O)Nc1cccc(Cl)c1. The number of amides is 1. The van der Waals surface area contributed by atoms with Gasteiger partial charge in [0.05, 0.1) is 16.8 Å².